The van der Waals surface area contributed by atoms with Gasteiger partial charge in [0.05, 0.1) is 27.4 Å². The number of hydrogen-bond acceptors (Lipinski definition) is 4. The summed E-state index contributed by atoms with van der Waals surface area (Å²) in [5, 5.41) is 2.24. The maximum Gasteiger partial charge on any atom is 0.387 e. The van der Waals surface area contributed by atoms with Crippen LogP contribution in [0.4, 0.5) is 8.78 Å². The number of hydrogen-bond donors (Lipinski definition) is 2. The fraction of sp³-hybridized carbons (Fsp3) is 0.455. The minimum absolute atomic E-state index is 0.0464. The molecule has 8 heteroatoms. The molecule has 3 rings (SSSR count). The Kier molecular flexibility index (Phi) is 8.24. The van der Waals surface area contributed by atoms with Crippen LogP contribution in [-0.2, 0) is 11.3 Å². The highest BCUT2D eigenvalue weighted by atomic mass is 19.3. The molecule has 2 aromatic rings. The normalized spacial score (nSPS) is 15.8. The van der Waals surface area contributed by atoms with Gasteiger partial charge in [0, 0.05) is 11.1 Å². The van der Waals surface area contributed by atoms with E-state index < -0.39 is 6.61 Å². The molecule has 0 unspecified atom stereocenters. The summed E-state index contributed by atoms with van der Waals surface area (Å²) in [5.41, 5.74) is 2.25. The number of quaternary nitrogens is 2. The third kappa shape index (κ3) is 6.04. The molecule has 1 atom stereocenters. The van der Waals surface area contributed by atoms with Crippen molar-refractivity contribution in [3.63, 3.8) is 0 Å². The molecule has 0 aromatic heterocycles. The maximum absolute atomic E-state index is 12.5. The van der Waals surface area contributed by atoms with Crippen molar-refractivity contribution in [1.29, 1.82) is 0 Å². The van der Waals surface area contributed by atoms with E-state index >= 15 is 0 Å². The van der Waals surface area contributed by atoms with Crippen molar-refractivity contribution < 1.29 is 37.9 Å². The third-order valence-corrected chi connectivity index (χ3v) is 5.37. The van der Waals surface area contributed by atoms with Gasteiger partial charge in [-0.3, -0.25) is 0 Å². The fourth-order valence-corrected chi connectivity index (χ4v) is 3.81. The van der Waals surface area contributed by atoms with Crippen molar-refractivity contribution in [2.45, 2.75) is 19.2 Å². The van der Waals surface area contributed by atoms with Gasteiger partial charge in [-0.2, -0.15) is 8.78 Å². The summed E-state index contributed by atoms with van der Waals surface area (Å²) in [4.78, 5) is 1.50. The Labute approximate surface area is 175 Å². The number of halogens is 2. The number of benzene rings is 2. The first-order valence-electron chi connectivity index (χ1n) is 10.1. The van der Waals surface area contributed by atoms with Crippen LogP contribution in [0.1, 0.15) is 17.2 Å². The summed E-state index contributed by atoms with van der Waals surface area (Å²) in [6.45, 7) is 2.20. The lowest BCUT2D eigenvalue weighted by Gasteiger charge is -2.31. The lowest BCUT2D eigenvalue weighted by Crippen LogP contribution is -3.16. The molecule has 1 aliphatic rings. The molecule has 2 aromatic carbocycles. The SMILES string of the molecule is COc1ccc([C@H](C[NH2+]Cc2ccc(OC(F)F)c(OC)c2)[NH+]2CCOCC2)cc1. The number of methoxy groups -OCH3 is 2. The second-order valence-electron chi connectivity index (χ2n) is 7.19. The Morgan fingerprint density at radius 1 is 1.00 bits per heavy atom. The average molecular weight is 424 g/mol. The van der Waals surface area contributed by atoms with Crippen molar-refractivity contribution in [3.05, 3.63) is 53.6 Å². The molecule has 6 nitrogen and oxygen atoms in total. The number of morpholine rings is 1. The summed E-state index contributed by atoms with van der Waals surface area (Å²) in [7, 11) is 3.11. The number of ether oxygens (including phenoxy) is 4. The van der Waals surface area contributed by atoms with Gasteiger partial charge < -0.3 is 29.2 Å². The van der Waals surface area contributed by atoms with Crippen LogP contribution in [-0.4, -0.2) is 53.7 Å². The van der Waals surface area contributed by atoms with Crippen LogP contribution in [0.2, 0.25) is 0 Å². The van der Waals surface area contributed by atoms with E-state index in [0.717, 1.165) is 44.2 Å². The molecule has 0 saturated carbocycles. The van der Waals surface area contributed by atoms with Crippen LogP contribution in [0.15, 0.2) is 42.5 Å². The second-order valence-corrected chi connectivity index (χ2v) is 7.19. The minimum atomic E-state index is -2.88. The summed E-state index contributed by atoms with van der Waals surface area (Å²) in [6, 6.07) is 13.6. The smallest absolute Gasteiger partial charge is 0.387 e. The lowest BCUT2D eigenvalue weighted by molar-refractivity contribution is -0.952. The van der Waals surface area contributed by atoms with Gasteiger partial charge in [0.15, 0.2) is 17.5 Å². The number of nitrogens with two attached hydrogens (primary N) is 1. The minimum Gasteiger partial charge on any atom is -0.497 e. The van der Waals surface area contributed by atoms with Gasteiger partial charge in [-0.05, 0) is 42.5 Å². The van der Waals surface area contributed by atoms with E-state index in [1.165, 1.54) is 23.6 Å². The Hall–Kier alpha value is -2.42. The molecule has 30 heavy (non-hydrogen) atoms. The van der Waals surface area contributed by atoms with Gasteiger partial charge in [0.2, 0.25) is 0 Å². The molecular weight excluding hydrogens is 394 g/mol. The molecule has 3 N–H and O–H groups in total. The van der Waals surface area contributed by atoms with E-state index in [4.69, 9.17) is 14.2 Å². The molecule has 1 fully saturated rings. The summed E-state index contributed by atoms with van der Waals surface area (Å²) >= 11 is 0. The highest BCUT2D eigenvalue weighted by molar-refractivity contribution is 5.42. The zero-order chi connectivity index (χ0) is 21.3. The van der Waals surface area contributed by atoms with Crippen LogP contribution >= 0.6 is 0 Å². The predicted octanol–water partition coefficient (Wildman–Crippen LogP) is 1.03. The zero-order valence-electron chi connectivity index (χ0n) is 17.4. The standard InChI is InChI=1S/C22H28F2N2O4/c1-27-18-6-4-17(5-7-18)19(26-9-11-29-12-10-26)15-25-14-16-3-8-20(30-22(23)24)21(13-16)28-2/h3-8,13,19,22,25H,9-12,14-15H2,1-2H3/p+2/t19-/m0/s1. The highest BCUT2D eigenvalue weighted by Gasteiger charge is 2.28. The maximum atomic E-state index is 12.5. The van der Waals surface area contributed by atoms with Gasteiger partial charge in [0.1, 0.15) is 31.9 Å². The van der Waals surface area contributed by atoms with Crippen molar-refractivity contribution in [2.24, 2.45) is 0 Å². The molecule has 0 spiro atoms. The van der Waals surface area contributed by atoms with Gasteiger partial charge >= 0.3 is 6.61 Å². The van der Waals surface area contributed by atoms with Crippen LogP contribution in [0.5, 0.6) is 17.2 Å². The van der Waals surface area contributed by atoms with E-state index in [1.54, 1.807) is 19.2 Å². The number of nitrogens with one attached hydrogen (secondary N) is 1. The molecule has 0 radical (unpaired) electrons. The molecule has 0 amide bonds. The van der Waals surface area contributed by atoms with Crippen LogP contribution < -0.4 is 24.4 Å². The number of alkyl halides is 2. The first kappa shape index (κ1) is 22.3. The Balaban J connectivity index is 1.66. The fourth-order valence-electron chi connectivity index (χ4n) is 3.81. The predicted molar refractivity (Wildman–Crippen MR) is 107 cm³/mol. The Morgan fingerprint density at radius 2 is 1.73 bits per heavy atom. The van der Waals surface area contributed by atoms with Crippen molar-refractivity contribution in [3.8, 4) is 17.2 Å². The number of rotatable bonds is 10. The van der Waals surface area contributed by atoms with Crippen molar-refractivity contribution in [2.75, 3.05) is 47.1 Å². The first-order chi connectivity index (χ1) is 14.6. The third-order valence-electron chi connectivity index (χ3n) is 5.37. The van der Waals surface area contributed by atoms with E-state index in [-0.39, 0.29) is 5.75 Å². The monoisotopic (exact) mass is 424 g/mol. The summed E-state index contributed by atoms with van der Waals surface area (Å²) < 4.78 is 45.5. The Bertz CT molecular complexity index is 783. The van der Waals surface area contributed by atoms with E-state index in [1.807, 2.05) is 12.1 Å². The molecule has 164 valence electrons. The molecule has 1 aliphatic heterocycles. The summed E-state index contributed by atoms with van der Waals surface area (Å²) in [6.07, 6.45) is 0. The van der Waals surface area contributed by atoms with Gasteiger partial charge in [0.25, 0.3) is 0 Å². The first-order valence-corrected chi connectivity index (χ1v) is 10.1. The second kappa shape index (κ2) is 11.1. The zero-order valence-corrected chi connectivity index (χ0v) is 17.4. The lowest BCUT2D eigenvalue weighted by atomic mass is 10.0. The summed E-state index contributed by atoms with van der Waals surface area (Å²) in [5.74, 6) is 1.20. The van der Waals surface area contributed by atoms with Gasteiger partial charge in [-0.1, -0.05) is 0 Å². The average Bonchev–Trinajstić information content (AvgIpc) is 2.78. The van der Waals surface area contributed by atoms with E-state index in [0.29, 0.717) is 18.3 Å². The van der Waals surface area contributed by atoms with Crippen LogP contribution in [0.25, 0.3) is 0 Å². The van der Waals surface area contributed by atoms with Crippen molar-refractivity contribution in [1.82, 2.24) is 0 Å². The van der Waals surface area contributed by atoms with Crippen molar-refractivity contribution >= 4 is 0 Å². The molecule has 0 bridgehead atoms. The molecule has 0 aliphatic carbocycles. The molecular formula is C22H30F2N2O4+2. The topological polar surface area (TPSA) is 58.0 Å². The highest BCUT2D eigenvalue weighted by Crippen LogP contribution is 2.29. The quantitative estimate of drug-likeness (QED) is 0.598. The van der Waals surface area contributed by atoms with E-state index in [2.05, 4.69) is 22.2 Å². The largest absolute Gasteiger partial charge is 0.497 e. The van der Waals surface area contributed by atoms with E-state index in [9.17, 15) is 8.78 Å². The molecule has 1 heterocycles. The van der Waals surface area contributed by atoms with Gasteiger partial charge in [-0.15, -0.1) is 0 Å². The van der Waals surface area contributed by atoms with Gasteiger partial charge in [-0.25, -0.2) is 0 Å². The van der Waals surface area contributed by atoms with Crippen LogP contribution in [0.3, 0.4) is 0 Å². The molecule has 1 saturated heterocycles. The Morgan fingerprint density at radius 3 is 2.37 bits per heavy atom. The van der Waals surface area contributed by atoms with Crippen LogP contribution in [0, 0.1) is 0 Å².